The molecule has 1 aliphatic rings. The van der Waals surface area contributed by atoms with Gasteiger partial charge >= 0.3 is 0 Å². The molecule has 0 radical (unpaired) electrons. The highest BCUT2D eigenvalue weighted by molar-refractivity contribution is 5.25. The molecule has 18 heavy (non-hydrogen) atoms. The molecular formula is C17H27N. The van der Waals surface area contributed by atoms with Gasteiger partial charge in [-0.2, -0.15) is 0 Å². The van der Waals surface area contributed by atoms with E-state index in [4.69, 9.17) is 0 Å². The van der Waals surface area contributed by atoms with Gasteiger partial charge in [-0.25, -0.2) is 0 Å². The monoisotopic (exact) mass is 245 g/mol. The Balaban J connectivity index is 1.94. The van der Waals surface area contributed by atoms with Crippen molar-refractivity contribution >= 4 is 0 Å². The van der Waals surface area contributed by atoms with Crippen molar-refractivity contribution < 1.29 is 0 Å². The van der Waals surface area contributed by atoms with Crippen LogP contribution in [-0.2, 0) is 0 Å². The van der Waals surface area contributed by atoms with E-state index in [1.807, 2.05) is 0 Å². The first kappa shape index (κ1) is 13.6. The first-order valence-electron chi connectivity index (χ1n) is 7.26. The fraction of sp³-hybridized carbons (Fsp3) is 0.647. The molecule has 1 atom stereocenters. The van der Waals surface area contributed by atoms with Crippen LogP contribution in [-0.4, -0.2) is 6.54 Å². The number of rotatable bonds is 5. The van der Waals surface area contributed by atoms with E-state index in [0.717, 1.165) is 12.5 Å². The van der Waals surface area contributed by atoms with E-state index in [1.54, 1.807) is 0 Å². The summed E-state index contributed by atoms with van der Waals surface area (Å²) in [6.07, 6.45) is 4.02. The summed E-state index contributed by atoms with van der Waals surface area (Å²) in [6, 6.07) is 9.63. The lowest BCUT2D eigenvalue weighted by Gasteiger charge is -2.23. The first-order valence-corrected chi connectivity index (χ1v) is 7.26. The van der Waals surface area contributed by atoms with Crippen LogP contribution in [0.2, 0.25) is 0 Å². The minimum absolute atomic E-state index is 0.425. The third-order valence-electron chi connectivity index (χ3n) is 3.77. The Hall–Kier alpha value is -0.820. The lowest BCUT2D eigenvalue weighted by atomic mass is 9.92. The molecule has 1 unspecified atom stereocenters. The van der Waals surface area contributed by atoms with Crippen LogP contribution < -0.4 is 5.32 Å². The molecule has 1 aromatic rings. The molecule has 1 heteroatoms. The van der Waals surface area contributed by atoms with E-state index < -0.39 is 0 Å². The van der Waals surface area contributed by atoms with Crippen LogP contribution in [0.15, 0.2) is 24.3 Å². The van der Waals surface area contributed by atoms with Crippen LogP contribution >= 0.6 is 0 Å². The molecule has 1 aromatic carbocycles. The van der Waals surface area contributed by atoms with E-state index in [2.05, 4.69) is 57.3 Å². The highest BCUT2D eigenvalue weighted by Gasteiger charge is 2.31. The van der Waals surface area contributed by atoms with Gasteiger partial charge in [-0.1, -0.05) is 50.6 Å². The van der Waals surface area contributed by atoms with Crippen molar-refractivity contribution in [1.82, 2.24) is 5.32 Å². The second kappa shape index (κ2) is 5.44. The van der Waals surface area contributed by atoms with Crippen LogP contribution in [0, 0.1) is 18.3 Å². The highest BCUT2D eigenvalue weighted by Crippen LogP contribution is 2.41. The summed E-state index contributed by atoms with van der Waals surface area (Å²) in [5.74, 6) is 0.868. The zero-order valence-electron chi connectivity index (χ0n) is 12.3. The zero-order chi connectivity index (χ0) is 13.2. The van der Waals surface area contributed by atoms with E-state index in [-0.39, 0.29) is 0 Å². The number of hydrogen-bond donors (Lipinski definition) is 1. The van der Waals surface area contributed by atoms with Crippen molar-refractivity contribution in [2.45, 2.75) is 53.0 Å². The van der Waals surface area contributed by atoms with Gasteiger partial charge in [-0.3, -0.25) is 0 Å². The van der Waals surface area contributed by atoms with Crippen molar-refractivity contribution in [2.75, 3.05) is 6.54 Å². The molecule has 1 nitrogen and oxygen atoms in total. The third kappa shape index (κ3) is 4.13. The van der Waals surface area contributed by atoms with Crippen molar-refractivity contribution in [3.63, 3.8) is 0 Å². The fourth-order valence-corrected chi connectivity index (χ4v) is 2.36. The second-order valence-electron chi connectivity index (χ2n) is 6.99. The maximum absolute atomic E-state index is 3.77. The van der Waals surface area contributed by atoms with E-state index in [9.17, 15) is 0 Å². The largest absolute Gasteiger partial charge is 0.310 e. The van der Waals surface area contributed by atoms with Crippen molar-refractivity contribution in [1.29, 1.82) is 0 Å². The molecule has 1 N–H and O–H groups in total. The average Bonchev–Trinajstić information content (AvgIpc) is 3.08. The Morgan fingerprint density at radius 3 is 2.28 bits per heavy atom. The number of nitrogens with one attached hydrogen (secondary N) is 1. The number of aryl methyl sites for hydroxylation is 1. The molecule has 0 aliphatic heterocycles. The van der Waals surface area contributed by atoms with E-state index >= 15 is 0 Å². The van der Waals surface area contributed by atoms with Gasteiger partial charge in [0.15, 0.2) is 0 Å². The second-order valence-corrected chi connectivity index (χ2v) is 6.99. The van der Waals surface area contributed by atoms with Crippen molar-refractivity contribution in [3.05, 3.63) is 35.4 Å². The summed E-state index contributed by atoms with van der Waals surface area (Å²) in [6.45, 7) is 10.2. The maximum atomic E-state index is 3.77. The quantitative estimate of drug-likeness (QED) is 0.807. The van der Waals surface area contributed by atoms with Gasteiger partial charge in [0.2, 0.25) is 0 Å². The van der Waals surface area contributed by atoms with E-state index in [0.29, 0.717) is 11.5 Å². The topological polar surface area (TPSA) is 12.0 Å². The van der Waals surface area contributed by atoms with Crippen molar-refractivity contribution in [2.24, 2.45) is 11.3 Å². The Labute approximate surface area is 112 Å². The number of benzene rings is 1. The minimum atomic E-state index is 0.425. The van der Waals surface area contributed by atoms with E-state index in [1.165, 1.54) is 30.4 Å². The zero-order valence-corrected chi connectivity index (χ0v) is 12.3. The van der Waals surface area contributed by atoms with Crippen molar-refractivity contribution in [3.8, 4) is 0 Å². The first-order chi connectivity index (χ1) is 8.46. The molecule has 100 valence electrons. The van der Waals surface area contributed by atoms with Crippen LogP contribution in [0.25, 0.3) is 0 Å². The van der Waals surface area contributed by atoms with Gasteiger partial charge in [-0.05, 0) is 49.6 Å². The Morgan fingerprint density at radius 2 is 1.78 bits per heavy atom. The van der Waals surface area contributed by atoms with Crippen LogP contribution in [0.3, 0.4) is 0 Å². The predicted octanol–water partition coefficient (Wildman–Crippen LogP) is 4.47. The molecular weight excluding hydrogens is 218 g/mol. The van der Waals surface area contributed by atoms with Crippen LogP contribution in [0.4, 0.5) is 0 Å². The average molecular weight is 245 g/mol. The lowest BCUT2D eigenvalue weighted by Crippen LogP contribution is -2.26. The molecule has 0 saturated heterocycles. The van der Waals surface area contributed by atoms with Gasteiger partial charge in [0.05, 0.1) is 0 Å². The molecule has 1 saturated carbocycles. The van der Waals surface area contributed by atoms with Crippen LogP contribution in [0.1, 0.15) is 57.2 Å². The lowest BCUT2D eigenvalue weighted by molar-refractivity contribution is 0.347. The highest BCUT2D eigenvalue weighted by atomic mass is 14.9. The van der Waals surface area contributed by atoms with Gasteiger partial charge in [0, 0.05) is 6.04 Å². The molecule has 0 aromatic heterocycles. The van der Waals surface area contributed by atoms with Gasteiger partial charge in [-0.15, -0.1) is 0 Å². The standard InChI is InChI=1S/C17H27N/c1-13-5-7-14(8-6-13)16(15-9-10-15)18-12-11-17(2,3)4/h5-8,15-16,18H,9-12H2,1-4H3. The van der Waals surface area contributed by atoms with Gasteiger partial charge in [0.1, 0.15) is 0 Å². The summed E-state index contributed by atoms with van der Waals surface area (Å²) in [5.41, 5.74) is 3.24. The molecule has 0 bridgehead atoms. The van der Waals surface area contributed by atoms with Gasteiger partial charge < -0.3 is 5.32 Å². The summed E-state index contributed by atoms with van der Waals surface area (Å²) < 4.78 is 0. The summed E-state index contributed by atoms with van der Waals surface area (Å²) in [4.78, 5) is 0. The smallest absolute Gasteiger partial charge is 0.0348 e. The van der Waals surface area contributed by atoms with Gasteiger partial charge in [0.25, 0.3) is 0 Å². The normalized spacial score (nSPS) is 17.8. The third-order valence-corrected chi connectivity index (χ3v) is 3.77. The molecule has 0 amide bonds. The molecule has 0 spiro atoms. The molecule has 2 rings (SSSR count). The molecule has 0 heterocycles. The molecule has 1 fully saturated rings. The molecule has 1 aliphatic carbocycles. The summed E-state index contributed by atoms with van der Waals surface area (Å²) >= 11 is 0. The summed E-state index contributed by atoms with van der Waals surface area (Å²) in [5, 5.41) is 3.77. The Morgan fingerprint density at radius 1 is 1.17 bits per heavy atom. The number of hydrogen-bond acceptors (Lipinski definition) is 1. The summed E-state index contributed by atoms with van der Waals surface area (Å²) in [7, 11) is 0. The maximum Gasteiger partial charge on any atom is 0.0348 e. The fourth-order valence-electron chi connectivity index (χ4n) is 2.36. The predicted molar refractivity (Wildman–Crippen MR) is 78.7 cm³/mol. The van der Waals surface area contributed by atoms with Crippen LogP contribution in [0.5, 0.6) is 0 Å². The Kier molecular flexibility index (Phi) is 4.11. The Bertz CT molecular complexity index is 368. The minimum Gasteiger partial charge on any atom is -0.310 e. The SMILES string of the molecule is Cc1ccc(C(NCCC(C)(C)C)C2CC2)cc1.